The van der Waals surface area contributed by atoms with Crippen molar-refractivity contribution in [1.29, 1.82) is 0 Å². The summed E-state index contributed by atoms with van der Waals surface area (Å²) in [6, 6.07) is 16.6. The lowest BCUT2D eigenvalue weighted by atomic mass is 10.0. The Morgan fingerprint density at radius 1 is 1.04 bits per heavy atom. The molecule has 5 nitrogen and oxygen atoms in total. The molecule has 28 heavy (non-hydrogen) atoms. The molecule has 0 unspecified atom stereocenters. The van der Waals surface area contributed by atoms with Crippen LogP contribution in [-0.2, 0) is 0 Å². The van der Waals surface area contributed by atoms with E-state index in [0.29, 0.717) is 19.6 Å². The fourth-order valence-electron chi connectivity index (χ4n) is 3.58. The van der Waals surface area contributed by atoms with Gasteiger partial charge in [-0.25, -0.2) is 14.2 Å². The zero-order valence-corrected chi connectivity index (χ0v) is 15.9. The summed E-state index contributed by atoms with van der Waals surface area (Å²) in [5.41, 5.74) is 2.83. The maximum absolute atomic E-state index is 13.3. The molecule has 3 aromatic rings. The molecule has 144 valence electrons. The Kier molecular flexibility index (Phi) is 5.10. The third-order valence-corrected chi connectivity index (χ3v) is 5.08. The molecule has 2 amide bonds. The highest BCUT2D eigenvalue weighted by Gasteiger charge is 2.21. The van der Waals surface area contributed by atoms with Crippen molar-refractivity contribution in [2.24, 2.45) is 0 Å². The number of hydrogen-bond donors (Lipinski definition) is 1. The molecule has 0 spiro atoms. The lowest BCUT2D eigenvalue weighted by Gasteiger charge is -2.35. The number of para-hydroxylation sites is 1. The number of carbonyl (C=O) groups is 1. The van der Waals surface area contributed by atoms with Crippen LogP contribution in [0.2, 0.25) is 0 Å². The van der Waals surface area contributed by atoms with Crippen LogP contribution in [0.4, 0.5) is 15.0 Å². The van der Waals surface area contributed by atoms with Crippen LogP contribution in [0.15, 0.2) is 54.6 Å². The highest BCUT2D eigenvalue weighted by atomic mass is 19.1. The number of amides is 2. The monoisotopic (exact) mass is 378 g/mol. The molecule has 0 radical (unpaired) electrons. The number of aromatic nitrogens is 1. The number of hydrogen-bond acceptors (Lipinski definition) is 3. The fourth-order valence-corrected chi connectivity index (χ4v) is 3.58. The summed E-state index contributed by atoms with van der Waals surface area (Å²) < 4.78 is 13.3. The molecule has 1 N–H and O–H groups in total. The SMILES string of the molecule is CCNC(=O)N1CCN(c2ccc3cccc(-c4ccc(F)cc4)c3n2)CC1. The number of urea groups is 1. The first kappa shape index (κ1) is 18.2. The predicted molar refractivity (Wildman–Crippen MR) is 110 cm³/mol. The van der Waals surface area contributed by atoms with Crippen LogP contribution < -0.4 is 10.2 Å². The first-order valence-electron chi connectivity index (χ1n) is 9.59. The van der Waals surface area contributed by atoms with E-state index in [1.165, 1.54) is 12.1 Å². The normalized spacial score (nSPS) is 14.4. The number of benzene rings is 2. The predicted octanol–water partition coefficient (Wildman–Crippen LogP) is 3.89. The number of nitrogens with one attached hydrogen (secondary N) is 1. The molecule has 6 heteroatoms. The Hall–Kier alpha value is -3.15. The Bertz CT molecular complexity index is 981. The standard InChI is InChI=1S/C22H23FN4O/c1-2-24-22(28)27-14-12-26(13-15-27)20-11-8-17-4-3-5-19(21(17)25-20)16-6-9-18(23)10-7-16/h3-11H,2,12-15H2,1H3,(H,24,28). The summed E-state index contributed by atoms with van der Waals surface area (Å²) in [4.78, 5) is 21.0. The molecule has 0 bridgehead atoms. The van der Waals surface area contributed by atoms with Gasteiger partial charge in [-0.05, 0) is 36.8 Å². The van der Waals surface area contributed by atoms with Gasteiger partial charge in [0.15, 0.2) is 0 Å². The van der Waals surface area contributed by atoms with Gasteiger partial charge in [0, 0.05) is 43.7 Å². The molecule has 0 saturated carbocycles. The highest BCUT2D eigenvalue weighted by Crippen LogP contribution is 2.29. The van der Waals surface area contributed by atoms with Crippen LogP contribution in [-0.4, -0.2) is 48.6 Å². The zero-order chi connectivity index (χ0) is 19.5. The second kappa shape index (κ2) is 7.84. The van der Waals surface area contributed by atoms with E-state index >= 15 is 0 Å². The van der Waals surface area contributed by atoms with Gasteiger partial charge in [-0.2, -0.15) is 0 Å². The maximum Gasteiger partial charge on any atom is 0.317 e. The van der Waals surface area contributed by atoms with E-state index in [2.05, 4.69) is 16.3 Å². The second-order valence-corrected chi connectivity index (χ2v) is 6.86. The second-order valence-electron chi connectivity index (χ2n) is 6.86. The molecule has 2 heterocycles. The molecule has 1 aromatic heterocycles. The Labute approximate surface area is 163 Å². The number of carbonyl (C=O) groups excluding carboxylic acids is 1. The van der Waals surface area contributed by atoms with E-state index in [-0.39, 0.29) is 11.8 Å². The topological polar surface area (TPSA) is 48.5 Å². The molecule has 1 saturated heterocycles. The van der Waals surface area contributed by atoms with Crippen molar-refractivity contribution in [1.82, 2.24) is 15.2 Å². The van der Waals surface area contributed by atoms with Crippen molar-refractivity contribution in [2.75, 3.05) is 37.6 Å². The maximum atomic E-state index is 13.3. The number of nitrogens with zero attached hydrogens (tertiary/aromatic N) is 3. The van der Waals surface area contributed by atoms with E-state index in [1.54, 1.807) is 12.1 Å². The number of pyridine rings is 1. The largest absolute Gasteiger partial charge is 0.353 e. The number of halogens is 1. The van der Waals surface area contributed by atoms with Crippen LogP contribution in [0.25, 0.3) is 22.0 Å². The van der Waals surface area contributed by atoms with Crippen molar-refractivity contribution in [3.8, 4) is 11.1 Å². The minimum absolute atomic E-state index is 0.00721. The smallest absolute Gasteiger partial charge is 0.317 e. The van der Waals surface area contributed by atoms with Gasteiger partial charge in [-0.3, -0.25) is 0 Å². The van der Waals surface area contributed by atoms with Crippen molar-refractivity contribution >= 4 is 22.8 Å². The molecule has 4 rings (SSSR count). The summed E-state index contributed by atoms with van der Waals surface area (Å²) in [7, 11) is 0. The van der Waals surface area contributed by atoms with Gasteiger partial charge in [0.2, 0.25) is 0 Å². The fraction of sp³-hybridized carbons (Fsp3) is 0.273. The Morgan fingerprint density at radius 2 is 1.79 bits per heavy atom. The molecule has 2 aromatic carbocycles. The van der Waals surface area contributed by atoms with Crippen LogP contribution >= 0.6 is 0 Å². The van der Waals surface area contributed by atoms with Gasteiger partial charge in [-0.15, -0.1) is 0 Å². The number of rotatable bonds is 3. The van der Waals surface area contributed by atoms with Crippen molar-refractivity contribution in [2.45, 2.75) is 6.92 Å². The van der Waals surface area contributed by atoms with E-state index in [4.69, 9.17) is 4.98 Å². The third kappa shape index (κ3) is 3.63. The molecule has 0 atom stereocenters. The Balaban J connectivity index is 1.60. The zero-order valence-electron chi connectivity index (χ0n) is 15.9. The van der Waals surface area contributed by atoms with E-state index in [0.717, 1.165) is 40.9 Å². The van der Waals surface area contributed by atoms with E-state index in [9.17, 15) is 9.18 Å². The molecular weight excluding hydrogens is 355 g/mol. The molecule has 1 fully saturated rings. The minimum atomic E-state index is -0.248. The first-order chi connectivity index (χ1) is 13.7. The van der Waals surface area contributed by atoms with E-state index in [1.807, 2.05) is 36.1 Å². The van der Waals surface area contributed by atoms with Crippen LogP contribution in [0, 0.1) is 5.82 Å². The van der Waals surface area contributed by atoms with Crippen LogP contribution in [0.1, 0.15) is 6.92 Å². The van der Waals surface area contributed by atoms with Gasteiger partial charge in [0.25, 0.3) is 0 Å². The third-order valence-electron chi connectivity index (χ3n) is 5.08. The molecule has 0 aliphatic carbocycles. The number of anilines is 1. The molecule has 1 aliphatic heterocycles. The van der Waals surface area contributed by atoms with E-state index < -0.39 is 0 Å². The van der Waals surface area contributed by atoms with Gasteiger partial charge >= 0.3 is 6.03 Å². The van der Waals surface area contributed by atoms with Gasteiger partial charge < -0.3 is 15.1 Å². The first-order valence-corrected chi connectivity index (χ1v) is 9.59. The van der Waals surface area contributed by atoms with Gasteiger partial charge in [0.1, 0.15) is 11.6 Å². The molecular formula is C22H23FN4O. The average molecular weight is 378 g/mol. The minimum Gasteiger partial charge on any atom is -0.353 e. The summed E-state index contributed by atoms with van der Waals surface area (Å²) in [6.45, 7) is 5.39. The number of fused-ring (bicyclic) bond motifs is 1. The highest BCUT2D eigenvalue weighted by molar-refractivity contribution is 5.94. The quantitative estimate of drug-likeness (QED) is 0.752. The van der Waals surface area contributed by atoms with Gasteiger partial charge in [-0.1, -0.05) is 30.3 Å². The van der Waals surface area contributed by atoms with Gasteiger partial charge in [0.05, 0.1) is 5.52 Å². The van der Waals surface area contributed by atoms with Crippen LogP contribution in [0.3, 0.4) is 0 Å². The van der Waals surface area contributed by atoms with Crippen LogP contribution in [0.5, 0.6) is 0 Å². The lowest BCUT2D eigenvalue weighted by molar-refractivity contribution is 0.195. The van der Waals surface area contributed by atoms with Crippen molar-refractivity contribution in [3.63, 3.8) is 0 Å². The van der Waals surface area contributed by atoms with Crippen molar-refractivity contribution < 1.29 is 9.18 Å². The molecule has 1 aliphatic rings. The number of piperazine rings is 1. The lowest BCUT2D eigenvalue weighted by Crippen LogP contribution is -2.52. The Morgan fingerprint density at radius 3 is 2.50 bits per heavy atom. The summed E-state index contributed by atoms with van der Waals surface area (Å²) in [5, 5.41) is 3.90. The summed E-state index contributed by atoms with van der Waals surface area (Å²) in [6.07, 6.45) is 0. The summed E-state index contributed by atoms with van der Waals surface area (Å²) in [5.74, 6) is 0.653. The summed E-state index contributed by atoms with van der Waals surface area (Å²) >= 11 is 0. The van der Waals surface area contributed by atoms with Crippen molar-refractivity contribution in [3.05, 3.63) is 60.4 Å². The average Bonchev–Trinajstić information content (AvgIpc) is 2.74.